The molecule has 0 spiro atoms. The van der Waals surface area contributed by atoms with Gasteiger partial charge in [0.1, 0.15) is 5.82 Å². The zero-order valence-electron chi connectivity index (χ0n) is 12.2. The Bertz CT molecular complexity index is 519. The summed E-state index contributed by atoms with van der Waals surface area (Å²) >= 11 is 1.60. The second-order valence-corrected chi connectivity index (χ2v) is 5.76. The molecule has 0 aliphatic carbocycles. The molecule has 1 N–H and O–H groups in total. The number of aromatic nitrogens is 1. The van der Waals surface area contributed by atoms with Gasteiger partial charge in [-0.3, -0.25) is 0 Å². The third kappa shape index (κ3) is 5.53. The van der Waals surface area contributed by atoms with Gasteiger partial charge >= 0.3 is 0 Å². The van der Waals surface area contributed by atoms with Crippen LogP contribution in [0.2, 0.25) is 0 Å². The van der Waals surface area contributed by atoms with E-state index in [0.717, 1.165) is 30.8 Å². The Morgan fingerprint density at radius 2 is 2.19 bits per heavy atom. The number of thiazole rings is 1. The van der Waals surface area contributed by atoms with Gasteiger partial charge < -0.3 is 10.1 Å². The van der Waals surface area contributed by atoms with Gasteiger partial charge in [0.15, 0.2) is 0 Å². The van der Waals surface area contributed by atoms with Crippen LogP contribution in [0, 0.1) is 11.7 Å². The zero-order valence-corrected chi connectivity index (χ0v) is 13.0. The minimum absolute atomic E-state index is 0.127. The molecule has 0 saturated carbocycles. The lowest BCUT2D eigenvalue weighted by atomic mass is 9.94. The summed E-state index contributed by atoms with van der Waals surface area (Å²) in [6.07, 6.45) is 1.57. The molecule has 0 bridgehead atoms. The smallest absolute Gasteiger partial charge is 0.126 e. The lowest BCUT2D eigenvalue weighted by Gasteiger charge is -2.17. The molecule has 0 aliphatic rings. The summed E-state index contributed by atoms with van der Waals surface area (Å²) in [5.41, 5.74) is 3.69. The first-order valence-electron chi connectivity index (χ1n) is 7.09. The van der Waals surface area contributed by atoms with Gasteiger partial charge in [0.2, 0.25) is 0 Å². The van der Waals surface area contributed by atoms with Crippen molar-refractivity contribution in [1.82, 2.24) is 10.3 Å². The van der Waals surface area contributed by atoms with Crippen molar-refractivity contribution in [2.24, 2.45) is 5.92 Å². The van der Waals surface area contributed by atoms with Gasteiger partial charge in [0.25, 0.3) is 0 Å². The van der Waals surface area contributed by atoms with Crippen molar-refractivity contribution < 1.29 is 9.13 Å². The summed E-state index contributed by atoms with van der Waals surface area (Å²) in [5.74, 6) is 0.193. The topological polar surface area (TPSA) is 34.1 Å². The number of nitrogens with one attached hydrogen (secondary N) is 1. The summed E-state index contributed by atoms with van der Waals surface area (Å²) in [7, 11) is 1.69. The van der Waals surface area contributed by atoms with E-state index in [0.29, 0.717) is 18.9 Å². The Labute approximate surface area is 129 Å². The Morgan fingerprint density at radius 1 is 1.33 bits per heavy atom. The van der Waals surface area contributed by atoms with Crippen LogP contribution in [0.15, 0.2) is 35.2 Å². The van der Waals surface area contributed by atoms with Crippen LogP contribution in [0.4, 0.5) is 4.39 Å². The van der Waals surface area contributed by atoms with E-state index < -0.39 is 0 Å². The number of hydrogen-bond acceptors (Lipinski definition) is 4. The van der Waals surface area contributed by atoms with Crippen LogP contribution in [0.1, 0.15) is 11.3 Å². The molecule has 0 fully saturated rings. The molecule has 1 aromatic carbocycles. The van der Waals surface area contributed by atoms with Gasteiger partial charge in [0.05, 0.1) is 17.8 Å². The molecule has 1 atom stereocenters. The minimum atomic E-state index is -0.127. The number of nitrogens with zero attached hydrogens (tertiary/aromatic N) is 1. The van der Waals surface area contributed by atoms with Gasteiger partial charge in [-0.1, -0.05) is 18.2 Å². The normalized spacial score (nSPS) is 12.5. The fourth-order valence-electron chi connectivity index (χ4n) is 2.31. The fourth-order valence-corrected chi connectivity index (χ4v) is 2.88. The highest BCUT2D eigenvalue weighted by Gasteiger charge is 2.14. The molecule has 1 unspecified atom stereocenters. The minimum Gasteiger partial charge on any atom is -0.383 e. The van der Waals surface area contributed by atoms with E-state index in [1.807, 2.05) is 17.6 Å². The Hall–Kier alpha value is -1.30. The lowest BCUT2D eigenvalue weighted by molar-refractivity contribution is 0.197. The van der Waals surface area contributed by atoms with Crippen LogP contribution in [-0.2, 0) is 17.6 Å². The van der Waals surface area contributed by atoms with Gasteiger partial charge in [-0.15, -0.1) is 11.3 Å². The molecule has 2 aromatic rings. The third-order valence-electron chi connectivity index (χ3n) is 3.36. The maximum Gasteiger partial charge on any atom is 0.126 e. The van der Waals surface area contributed by atoms with E-state index in [1.165, 1.54) is 6.07 Å². The van der Waals surface area contributed by atoms with Gasteiger partial charge in [-0.2, -0.15) is 0 Å². The Kier molecular flexibility index (Phi) is 6.79. The van der Waals surface area contributed by atoms with Crippen LogP contribution in [-0.4, -0.2) is 31.8 Å². The molecule has 5 heteroatoms. The summed E-state index contributed by atoms with van der Waals surface area (Å²) in [6, 6.07) is 6.99. The van der Waals surface area contributed by atoms with Crippen LogP contribution in [0.25, 0.3) is 0 Å². The molecule has 0 radical (unpaired) electrons. The molecule has 0 saturated heterocycles. The first-order chi connectivity index (χ1) is 10.3. The Balaban J connectivity index is 1.95. The first kappa shape index (κ1) is 16.1. The first-order valence-corrected chi connectivity index (χ1v) is 8.04. The molecule has 114 valence electrons. The number of benzene rings is 1. The second-order valence-electron chi connectivity index (χ2n) is 5.04. The van der Waals surface area contributed by atoms with Crippen molar-refractivity contribution in [2.75, 3.05) is 26.8 Å². The predicted molar refractivity (Wildman–Crippen MR) is 84.2 cm³/mol. The van der Waals surface area contributed by atoms with Gasteiger partial charge in [-0.25, -0.2) is 9.37 Å². The van der Waals surface area contributed by atoms with Crippen molar-refractivity contribution in [3.05, 3.63) is 52.2 Å². The Morgan fingerprint density at radius 3 is 2.90 bits per heavy atom. The lowest BCUT2D eigenvalue weighted by Crippen LogP contribution is -2.28. The quantitative estimate of drug-likeness (QED) is 0.723. The van der Waals surface area contributed by atoms with Crippen LogP contribution < -0.4 is 5.32 Å². The third-order valence-corrected chi connectivity index (χ3v) is 4.00. The monoisotopic (exact) mass is 308 g/mol. The number of hydrogen-bond donors (Lipinski definition) is 1. The van der Waals surface area contributed by atoms with E-state index in [4.69, 9.17) is 4.74 Å². The van der Waals surface area contributed by atoms with E-state index in [-0.39, 0.29) is 5.82 Å². The second kappa shape index (κ2) is 8.87. The van der Waals surface area contributed by atoms with Crippen LogP contribution >= 0.6 is 11.3 Å². The van der Waals surface area contributed by atoms with Crippen molar-refractivity contribution in [2.45, 2.75) is 12.8 Å². The van der Waals surface area contributed by atoms with Crippen LogP contribution in [0.3, 0.4) is 0 Å². The SMILES string of the molecule is COCCNCC(Cc1cscn1)Cc1ccccc1F. The number of ether oxygens (including phenoxy) is 1. The van der Waals surface area contributed by atoms with E-state index in [9.17, 15) is 4.39 Å². The molecule has 3 nitrogen and oxygen atoms in total. The average Bonchev–Trinajstić information content (AvgIpc) is 2.99. The molecule has 1 heterocycles. The highest BCUT2D eigenvalue weighted by molar-refractivity contribution is 7.07. The van der Waals surface area contributed by atoms with Gasteiger partial charge in [-0.05, 0) is 36.9 Å². The van der Waals surface area contributed by atoms with Crippen LogP contribution in [0.5, 0.6) is 0 Å². The largest absolute Gasteiger partial charge is 0.383 e. The molecular formula is C16H21FN2OS. The fraction of sp³-hybridized carbons (Fsp3) is 0.438. The molecule has 2 rings (SSSR count). The molecule has 0 amide bonds. The summed E-state index contributed by atoms with van der Waals surface area (Å²) in [6.45, 7) is 2.32. The van der Waals surface area contributed by atoms with Crippen molar-refractivity contribution in [3.8, 4) is 0 Å². The summed E-state index contributed by atoms with van der Waals surface area (Å²) in [5, 5.41) is 5.43. The zero-order chi connectivity index (χ0) is 14.9. The number of methoxy groups -OCH3 is 1. The maximum absolute atomic E-state index is 13.8. The number of rotatable bonds is 9. The van der Waals surface area contributed by atoms with Crippen molar-refractivity contribution in [1.29, 1.82) is 0 Å². The maximum atomic E-state index is 13.8. The van der Waals surface area contributed by atoms with Gasteiger partial charge in [0, 0.05) is 19.0 Å². The van der Waals surface area contributed by atoms with Crippen molar-refractivity contribution in [3.63, 3.8) is 0 Å². The average molecular weight is 308 g/mol. The summed E-state index contributed by atoms with van der Waals surface area (Å²) in [4.78, 5) is 4.34. The standard InChI is InChI=1S/C16H21FN2OS/c1-20-7-6-18-10-13(9-15-11-21-12-19-15)8-14-4-2-3-5-16(14)17/h2-5,11-13,18H,6-10H2,1H3. The van der Waals surface area contributed by atoms with E-state index in [1.54, 1.807) is 24.5 Å². The van der Waals surface area contributed by atoms with E-state index in [2.05, 4.69) is 15.7 Å². The molecule has 21 heavy (non-hydrogen) atoms. The number of halogens is 1. The highest BCUT2D eigenvalue weighted by atomic mass is 32.1. The molecule has 1 aromatic heterocycles. The summed E-state index contributed by atoms with van der Waals surface area (Å²) < 4.78 is 18.9. The predicted octanol–water partition coefficient (Wildman–Crippen LogP) is 2.92. The van der Waals surface area contributed by atoms with Crippen molar-refractivity contribution >= 4 is 11.3 Å². The van der Waals surface area contributed by atoms with E-state index >= 15 is 0 Å². The highest BCUT2D eigenvalue weighted by Crippen LogP contribution is 2.16. The molecular weight excluding hydrogens is 287 g/mol. The molecule has 0 aliphatic heterocycles.